The Morgan fingerprint density at radius 3 is 2.93 bits per heavy atom. The van der Waals surface area contributed by atoms with Gasteiger partial charge < -0.3 is 5.32 Å². The van der Waals surface area contributed by atoms with E-state index in [4.69, 9.17) is 0 Å². The first-order valence-corrected chi connectivity index (χ1v) is 5.06. The SMILES string of the molecule is CNCc1ccnn1-c1cccc(C)c1. The van der Waals surface area contributed by atoms with E-state index in [9.17, 15) is 0 Å². The molecule has 0 saturated carbocycles. The predicted octanol–water partition coefficient (Wildman–Crippen LogP) is 1.90. The highest BCUT2D eigenvalue weighted by Crippen LogP contribution is 2.11. The van der Waals surface area contributed by atoms with Gasteiger partial charge in [0.15, 0.2) is 0 Å². The Bertz CT molecular complexity index is 446. The summed E-state index contributed by atoms with van der Waals surface area (Å²) in [6.07, 6.45) is 1.83. The van der Waals surface area contributed by atoms with E-state index in [2.05, 4.69) is 41.6 Å². The molecule has 15 heavy (non-hydrogen) atoms. The van der Waals surface area contributed by atoms with Gasteiger partial charge in [0.05, 0.1) is 11.4 Å². The number of aromatic nitrogens is 2. The lowest BCUT2D eigenvalue weighted by Gasteiger charge is -2.07. The third kappa shape index (κ3) is 2.07. The Morgan fingerprint density at radius 1 is 1.33 bits per heavy atom. The van der Waals surface area contributed by atoms with Crippen LogP contribution in [0.15, 0.2) is 36.5 Å². The van der Waals surface area contributed by atoms with E-state index in [1.807, 2.05) is 24.0 Å². The molecule has 2 aromatic rings. The summed E-state index contributed by atoms with van der Waals surface area (Å²) in [5, 5.41) is 7.46. The van der Waals surface area contributed by atoms with Crippen molar-refractivity contribution in [2.24, 2.45) is 0 Å². The van der Waals surface area contributed by atoms with Gasteiger partial charge in [-0.15, -0.1) is 0 Å². The molecular formula is C12H15N3. The van der Waals surface area contributed by atoms with Crippen LogP contribution < -0.4 is 5.32 Å². The van der Waals surface area contributed by atoms with Gasteiger partial charge in [0.25, 0.3) is 0 Å². The zero-order chi connectivity index (χ0) is 10.7. The molecule has 0 atom stereocenters. The normalized spacial score (nSPS) is 10.5. The van der Waals surface area contributed by atoms with Gasteiger partial charge in [0.2, 0.25) is 0 Å². The molecule has 0 aliphatic heterocycles. The Morgan fingerprint density at radius 2 is 2.20 bits per heavy atom. The van der Waals surface area contributed by atoms with E-state index in [-0.39, 0.29) is 0 Å². The number of nitrogens with one attached hydrogen (secondary N) is 1. The quantitative estimate of drug-likeness (QED) is 0.822. The van der Waals surface area contributed by atoms with Crippen molar-refractivity contribution < 1.29 is 0 Å². The molecule has 3 nitrogen and oxygen atoms in total. The smallest absolute Gasteiger partial charge is 0.0652 e. The second-order valence-corrected chi connectivity index (χ2v) is 3.60. The van der Waals surface area contributed by atoms with E-state index < -0.39 is 0 Å². The number of nitrogens with zero attached hydrogens (tertiary/aromatic N) is 2. The molecule has 0 radical (unpaired) electrons. The van der Waals surface area contributed by atoms with Gasteiger partial charge in [-0.05, 0) is 37.7 Å². The van der Waals surface area contributed by atoms with Crippen LogP contribution in [0.4, 0.5) is 0 Å². The number of aryl methyl sites for hydroxylation is 1. The summed E-state index contributed by atoms with van der Waals surface area (Å²) >= 11 is 0. The average Bonchev–Trinajstić information content (AvgIpc) is 2.66. The summed E-state index contributed by atoms with van der Waals surface area (Å²) in [5.74, 6) is 0. The molecular weight excluding hydrogens is 186 g/mol. The molecule has 3 heteroatoms. The van der Waals surface area contributed by atoms with Gasteiger partial charge in [0, 0.05) is 12.7 Å². The Kier molecular flexibility index (Phi) is 2.83. The fourth-order valence-corrected chi connectivity index (χ4v) is 1.64. The molecule has 0 spiro atoms. The lowest BCUT2D eigenvalue weighted by Crippen LogP contribution is -2.10. The van der Waals surface area contributed by atoms with E-state index in [1.54, 1.807) is 0 Å². The van der Waals surface area contributed by atoms with Crippen LogP contribution in [0.5, 0.6) is 0 Å². The highest BCUT2D eigenvalue weighted by Gasteiger charge is 2.03. The van der Waals surface area contributed by atoms with Crippen molar-refractivity contribution in [2.45, 2.75) is 13.5 Å². The first-order valence-electron chi connectivity index (χ1n) is 5.06. The van der Waals surface area contributed by atoms with Crippen LogP contribution in [0.25, 0.3) is 5.69 Å². The maximum Gasteiger partial charge on any atom is 0.0652 e. The van der Waals surface area contributed by atoms with Gasteiger partial charge in [-0.1, -0.05) is 12.1 Å². The summed E-state index contributed by atoms with van der Waals surface area (Å²) in [6, 6.07) is 10.4. The average molecular weight is 201 g/mol. The van der Waals surface area contributed by atoms with Gasteiger partial charge in [0.1, 0.15) is 0 Å². The highest BCUT2D eigenvalue weighted by molar-refractivity contribution is 5.36. The minimum Gasteiger partial charge on any atom is -0.314 e. The van der Waals surface area contributed by atoms with Crippen molar-refractivity contribution in [3.05, 3.63) is 47.8 Å². The van der Waals surface area contributed by atoms with Crippen molar-refractivity contribution in [3.8, 4) is 5.69 Å². The Hall–Kier alpha value is -1.61. The molecule has 0 unspecified atom stereocenters. The second kappa shape index (κ2) is 4.28. The fraction of sp³-hybridized carbons (Fsp3) is 0.250. The fourth-order valence-electron chi connectivity index (χ4n) is 1.64. The topological polar surface area (TPSA) is 29.9 Å². The van der Waals surface area contributed by atoms with E-state index in [0.29, 0.717) is 0 Å². The summed E-state index contributed by atoms with van der Waals surface area (Å²) in [5.41, 5.74) is 3.53. The molecule has 78 valence electrons. The Labute approximate surface area is 89.7 Å². The standard InChI is InChI=1S/C12H15N3/c1-10-4-3-5-11(8-10)15-12(9-13-2)6-7-14-15/h3-8,13H,9H2,1-2H3. The largest absolute Gasteiger partial charge is 0.314 e. The third-order valence-corrected chi connectivity index (χ3v) is 2.33. The van der Waals surface area contributed by atoms with Crippen LogP contribution in [0.1, 0.15) is 11.3 Å². The zero-order valence-electron chi connectivity index (χ0n) is 9.07. The molecule has 1 N–H and O–H groups in total. The first kappa shape index (κ1) is 9.93. The number of hydrogen-bond donors (Lipinski definition) is 1. The predicted molar refractivity (Wildman–Crippen MR) is 61.1 cm³/mol. The summed E-state index contributed by atoms with van der Waals surface area (Å²) in [7, 11) is 1.94. The van der Waals surface area contributed by atoms with E-state index >= 15 is 0 Å². The van der Waals surface area contributed by atoms with Gasteiger partial charge in [-0.2, -0.15) is 5.10 Å². The summed E-state index contributed by atoms with van der Waals surface area (Å²) < 4.78 is 1.96. The lowest BCUT2D eigenvalue weighted by molar-refractivity contribution is 0.729. The molecule has 1 aromatic heterocycles. The second-order valence-electron chi connectivity index (χ2n) is 3.60. The molecule has 2 rings (SSSR count). The molecule has 0 aliphatic rings. The third-order valence-electron chi connectivity index (χ3n) is 2.33. The van der Waals surface area contributed by atoms with E-state index in [0.717, 1.165) is 12.2 Å². The zero-order valence-corrected chi connectivity index (χ0v) is 9.07. The van der Waals surface area contributed by atoms with E-state index in [1.165, 1.54) is 11.3 Å². The summed E-state index contributed by atoms with van der Waals surface area (Å²) in [4.78, 5) is 0. The molecule has 0 saturated heterocycles. The maximum absolute atomic E-state index is 4.32. The maximum atomic E-state index is 4.32. The first-order chi connectivity index (χ1) is 7.31. The van der Waals surface area contributed by atoms with Crippen LogP contribution in [-0.4, -0.2) is 16.8 Å². The molecule has 0 fully saturated rings. The molecule has 0 bridgehead atoms. The van der Waals surface area contributed by atoms with Crippen molar-refractivity contribution >= 4 is 0 Å². The van der Waals surface area contributed by atoms with Gasteiger partial charge in [-0.25, -0.2) is 4.68 Å². The monoisotopic (exact) mass is 201 g/mol. The molecule has 1 aromatic carbocycles. The van der Waals surface area contributed by atoms with Gasteiger partial charge >= 0.3 is 0 Å². The van der Waals surface area contributed by atoms with Crippen LogP contribution in [-0.2, 0) is 6.54 Å². The molecule has 0 amide bonds. The van der Waals surface area contributed by atoms with Crippen molar-refractivity contribution in [3.63, 3.8) is 0 Å². The lowest BCUT2D eigenvalue weighted by atomic mass is 10.2. The van der Waals surface area contributed by atoms with Crippen molar-refractivity contribution in [1.82, 2.24) is 15.1 Å². The van der Waals surface area contributed by atoms with Crippen LogP contribution in [0, 0.1) is 6.92 Å². The van der Waals surface area contributed by atoms with Crippen LogP contribution in [0.2, 0.25) is 0 Å². The Balaban J connectivity index is 2.40. The minimum absolute atomic E-state index is 0.827. The summed E-state index contributed by atoms with van der Waals surface area (Å²) in [6.45, 7) is 2.92. The van der Waals surface area contributed by atoms with Gasteiger partial charge in [-0.3, -0.25) is 0 Å². The van der Waals surface area contributed by atoms with Crippen LogP contribution in [0.3, 0.4) is 0 Å². The number of hydrogen-bond acceptors (Lipinski definition) is 2. The number of benzene rings is 1. The van der Waals surface area contributed by atoms with Crippen molar-refractivity contribution in [2.75, 3.05) is 7.05 Å². The number of rotatable bonds is 3. The highest BCUT2D eigenvalue weighted by atomic mass is 15.3. The van der Waals surface area contributed by atoms with Crippen molar-refractivity contribution in [1.29, 1.82) is 0 Å². The minimum atomic E-state index is 0.827. The molecule has 0 aliphatic carbocycles. The molecule has 1 heterocycles. The van der Waals surface area contributed by atoms with Crippen LogP contribution >= 0.6 is 0 Å².